The number of hydrogen-bond donors (Lipinski definition) is 3. The number of hydrogen-bond acceptors (Lipinski definition) is 4. The van der Waals surface area contributed by atoms with Gasteiger partial charge < -0.3 is 15.5 Å². The molecule has 0 amide bonds. The summed E-state index contributed by atoms with van der Waals surface area (Å²) < 4.78 is 0. The molecule has 1 saturated heterocycles. The molecule has 0 radical (unpaired) electrons. The van der Waals surface area contributed by atoms with Gasteiger partial charge in [0.25, 0.3) is 0 Å². The summed E-state index contributed by atoms with van der Waals surface area (Å²) in [5.74, 6) is 0. The van der Waals surface area contributed by atoms with E-state index in [0.717, 1.165) is 45.3 Å². The first-order valence-corrected chi connectivity index (χ1v) is 6.51. The first-order chi connectivity index (χ1) is 7.73. The highest BCUT2D eigenvalue weighted by Gasteiger charge is 2.34. The quantitative estimate of drug-likeness (QED) is 0.617. The molecular formula is C12H24N2O2. The summed E-state index contributed by atoms with van der Waals surface area (Å²) in [5, 5.41) is 22.8. The van der Waals surface area contributed by atoms with E-state index in [1.54, 1.807) is 0 Å². The summed E-state index contributed by atoms with van der Waals surface area (Å²) in [6.07, 6.45) is 5.40. The van der Waals surface area contributed by atoms with Gasteiger partial charge in [-0.05, 0) is 12.8 Å². The summed E-state index contributed by atoms with van der Waals surface area (Å²) in [7, 11) is 0. The van der Waals surface area contributed by atoms with Crippen LogP contribution in [0, 0.1) is 0 Å². The second-order valence-corrected chi connectivity index (χ2v) is 5.29. The zero-order valence-electron chi connectivity index (χ0n) is 9.99. The third-order valence-corrected chi connectivity index (χ3v) is 3.95. The minimum absolute atomic E-state index is 0.187. The van der Waals surface area contributed by atoms with E-state index < -0.39 is 5.60 Å². The Balaban J connectivity index is 1.87. The van der Waals surface area contributed by atoms with E-state index in [1.807, 2.05) is 0 Å². The van der Waals surface area contributed by atoms with Crippen LogP contribution in [0.4, 0.5) is 0 Å². The van der Waals surface area contributed by atoms with Crippen LogP contribution in [0.5, 0.6) is 0 Å². The van der Waals surface area contributed by atoms with Gasteiger partial charge in [0.2, 0.25) is 0 Å². The average molecular weight is 228 g/mol. The van der Waals surface area contributed by atoms with E-state index in [9.17, 15) is 5.11 Å². The Kier molecular flexibility index (Phi) is 4.19. The minimum atomic E-state index is -0.497. The Morgan fingerprint density at radius 1 is 1.19 bits per heavy atom. The van der Waals surface area contributed by atoms with Crippen LogP contribution in [-0.2, 0) is 0 Å². The monoisotopic (exact) mass is 228 g/mol. The maximum Gasteiger partial charge on any atom is 0.0774 e. The molecule has 0 aromatic carbocycles. The summed E-state index contributed by atoms with van der Waals surface area (Å²) in [5.41, 5.74) is -0.497. The molecule has 0 atom stereocenters. The fourth-order valence-corrected chi connectivity index (χ4v) is 2.80. The molecule has 4 heteroatoms. The van der Waals surface area contributed by atoms with E-state index >= 15 is 0 Å². The highest BCUT2D eigenvalue weighted by molar-refractivity contribution is 4.91. The van der Waals surface area contributed by atoms with Gasteiger partial charge >= 0.3 is 0 Å². The van der Waals surface area contributed by atoms with E-state index in [0.29, 0.717) is 12.6 Å². The molecule has 2 rings (SSSR count). The third-order valence-electron chi connectivity index (χ3n) is 3.95. The molecule has 1 aliphatic carbocycles. The first kappa shape index (κ1) is 12.3. The van der Waals surface area contributed by atoms with Crippen molar-refractivity contribution in [2.75, 3.05) is 32.8 Å². The van der Waals surface area contributed by atoms with Crippen molar-refractivity contribution in [3.8, 4) is 0 Å². The molecule has 1 saturated carbocycles. The lowest BCUT2D eigenvalue weighted by Gasteiger charge is -2.43. The van der Waals surface area contributed by atoms with Crippen molar-refractivity contribution in [1.82, 2.24) is 10.2 Å². The van der Waals surface area contributed by atoms with Crippen molar-refractivity contribution in [3.05, 3.63) is 0 Å². The summed E-state index contributed by atoms with van der Waals surface area (Å²) in [6, 6.07) is 0.512. The molecule has 0 unspecified atom stereocenters. The molecule has 0 bridgehead atoms. The molecule has 1 aliphatic heterocycles. The second-order valence-electron chi connectivity index (χ2n) is 5.29. The van der Waals surface area contributed by atoms with Gasteiger partial charge in [-0.25, -0.2) is 0 Å². The van der Waals surface area contributed by atoms with Crippen LogP contribution < -0.4 is 5.32 Å². The Morgan fingerprint density at radius 3 is 2.38 bits per heavy atom. The van der Waals surface area contributed by atoms with Crippen molar-refractivity contribution < 1.29 is 10.2 Å². The Bertz CT molecular complexity index is 213. The van der Waals surface area contributed by atoms with Gasteiger partial charge in [0, 0.05) is 32.2 Å². The number of nitrogens with zero attached hydrogens (tertiary/aromatic N) is 1. The van der Waals surface area contributed by atoms with Crippen molar-refractivity contribution in [2.45, 2.75) is 43.7 Å². The molecule has 2 aliphatic rings. The summed E-state index contributed by atoms with van der Waals surface area (Å²) in [4.78, 5) is 2.25. The van der Waals surface area contributed by atoms with Gasteiger partial charge in [0.1, 0.15) is 0 Å². The molecule has 0 aromatic heterocycles. The van der Waals surface area contributed by atoms with Crippen LogP contribution >= 0.6 is 0 Å². The molecule has 1 heterocycles. The van der Waals surface area contributed by atoms with Crippen molar-refractivity contribution in [1.29, 1.82) is 0 Å². The zero-order chi connectivity index (χ0) is 11.4. The largest absolute Gasteiger partial charge is 0.395 e. The smallest absolute Gasteiger partial charge is 0.0774 e. The molecule has 0 aromatic rings. The second kappa shape index (κ2) is 5.45. The maximum atomic E-state index is 10.5. The minimum Gasteiger partial charge on any atom is -0.395 e. The van der Waals surface area contributed by atoms with E-state index in [2.05, 4.69) is 10.2 Å². The van der Waals surface area contributed by atoms with E-state index in [1.165, 1.54) is 6.42 Å². The van der Waals surface area contributed by atoms with E-state index in [4.69, 9.17) is 5.11 Å². The van der Waals surface area contributed by atoms with Gasteiger partial charge in [0.05, 0.1) is 12.2 Å². The van der Waals surface area contributed by atoms with Crippen molar-refractivity contribution >= 4 is 0 Å². The number of aliphatic hydroxyl groups excluding tert-OH is 1. The number of nitrogens with one attached hydrogen (secondary N) is 1. The lowest BCUT2D eigenvalue weighted by Crippen LogP contribution is -2.61. The standard InChI is InChI=1S/C12H24N2O2/c15-7-6-14(11-8-13-9-11)10-12(16)4-2-1-3-5-12/h11,13,15-16H,1-10H2. The van der Waals surface area contributed by atoms with Crippen LogP contribution in [0.15, 0.2) is 0 Å². The van der Waals surface area contributed by atoms with Gasteiger partial charge in [-0.2, -0.15) is 0 Å². The lowest BCUT2D eigenvalue weighted by atomic mass is 9.84. The normalized spacial score (nSPS) is 25.7. The van der Waals surface area contributed by atoms with Crippen LogP contribution in [0.1, 0.15) is 32.1 Å². The predicted octanol–water partition coefficient (Wildman–Crippen LogP) is -0.0523. The molecular weight excluding hydrogens is 204 g/mol. The molecule has 0 spiro atoms. The molecule has 3 N–H and O–H groups in total. The van der Waals surface area contributed by atoms with Gasteiger partial charge in [-0.15, -0.1) is 0 Å². The Hall–Kier alpha value is -0.160. The maximum absolute atomic E-state index is 10.5. The van der Waals surface area contributed by atoms with Crippen LogP contribution in [0.25, 0.3) is 0 Å². The van der Waals surface area contributed by atoms with Gasteiger partial charge in [0.15, 0.2) is 0 Å². The molecule has 2 fully saturated rings. The first-order valence-electron chi connectivity index (χ1n) is 6.51. The van der Waals surface area contributed by atoms with Crippen LogP contribution in [0.2, 0.25) is 0 Å². The van der Waals surface area contributed by atoms with Crippen molar-refractivity contribution in [2.24, 2.45) is 0 Å². The Morgan fingerprint density at radius 2 is 1.88 bits per heavy atom. The third kappa shape index (κ3) is 2.94. The molecule has 4 nitrogen and oxygen atoms in total. The predicted molar refractivity (Wildman–Crippen MR) is 63.4 cm³/mol. The van der Waals surface area contributed by atoms with Gasteiger partial charge in [-0.3, -0.25) is 4.90 Å². The SMILES string of the molecule is OCCN(CC1(O)CCCCC1)C1CNC1. The van der Waals surface area contributed by atoms with Gasteiger partial charge in [-0.1, -0.05) is 19.3 Å². The van der Waals surface area contributed by atoms with Crippen LogP contribution in [0.3, 0.4) is 0 Å². The summed E-state index contributed by atoms with van der Waals surface area (Å²) in [6.45, 7) is 3.60. The zero-order valence-corrected chi connectivity index (χ0v) is 9.99. The Labute approximate surface area is 97.6 Å². The highest BCUT2D eigenvalue weighted by atomic mass is 16.3. The molecule has 16 heavy (non-hydrogen) atoms. The van der Waals surface area contributed by atoms with Crippen molar-refractivity contribution in [3.63, 3.8) is 0 Å². The fraction of sp³-hybridized carbons (Fsp3) is 1.00. The van der Waals surface area contributed by atoms with E-state index in [-0.39, 0.29) is 6.61 Å². The molecule has 94 valence electrons. The van der Waals surface area contributed by atoms with Crippen LogP contribution in [-0.4, -0.2) is 59.5 Å². The number of rotatable bonds is 5. The topological polar surface area (TPSA) is 55.7 Å². The average Bonchev–Trinajstić information content (AvgIpc) is 2.15. The lowest BCUT2D eigenvalue weighted by molar-refractivity contribution is -0.0443. The number of aliphatic hydroxyl groups is 2. The highest BCUT2D eigenvalue weighted by Crippen LogP contribution is 2.29. The fourth-order valence-electron chi connectivity index (χ4n) is 2.80. The summed E-state index contributed by atoms with van der Waals surface area (Å²) >= 11 is 0.